The van der Waals surface area contributed by atoms with Crippen molar-refractivity contribution >= 4 is 32.9 Å². The lowest BCUT2D eigenvalue weighted by atomic mass is 10.1. The number of aromatic nitrogens is 1. The largest absolute Gasteiger partial charge is 0.494 e. The first-order chi connectivity index (χ1) is 13.5. The van der Waals surface area contributed by atoms with E-state index in [2.05, 4.69) is 9.71 Å². The molecule has 1 N–H and O–H groups in total. The van der Waals surface area contributed by atoms with E-state index in [-0.39, 0.29) is 5.75 Å². The van der Waals surface area contributed by atoms with Crippen molar-refractivity contribution in [2.45, 2.75) is 12.7 Å². The number of para-hydroxylation sites is 1. The Morgan fingerprint density at radius 1 is 1.11 bits per heavy atom. The van der Waals surface area contributed by atoms with Crippen molar-refractivity contribution in [2.24, 2.45) is 0 Å². The quantitative estimate of drug-likeness (QED) is 0.620. The van der Waals surface area contributed by atoms with E-state index in [0.29, 0.717) is 17.7 Å². The highest BCUT2D eigenvalue weighted by Gasteiger charge is 2.16. The van der Waals surface area contributed by atoms with Crippen molar-refractivity contribution in [1.82, 2.24) is 9.71 Å². The van der Waals surface area contributed by atoms with Gasteiger partial charge in [-0.05, 0) is 42.3 Å². The lowest BCUT2D eigenvalue weighted by Gasteiger charge is -2.07. The van der Waals surface area contributed by atoms with Crippen molar-refractivity contribution in [1.29, 1.82) is 0 Å². The molecule has 0 aliphatic rings. The molecule has 0 fully saturated rings. The summed E-state index contributed by atoms with van der Waals surface area (Å²) in [5.41, 5.74) is 1.90. The second kappa shape index (κ2) is 8.67. The second-order valence-electron chi connectivity index (χ2n) is 6.05. The Hall–Kier alpha value is -3.19. The van der Waals surface area contributed by atoms with Gasteiger partial charge in [-0.2, -0.15) is 0 Å². The van der Waals surface area contributed by atoms with Gasteiger partial charge in [0.15, 0.2) is 0 Å². The SMILES string of the molecule is CCOc1ccc(C=CC(=O)NS(=O)(=O)Cc2cccc3cccnc23)cc1. The van der Waals surface area contributed by atoms with Crippen molar-refractivity contribution in [2.75, 3.05) is 6.61 Å². The molecule has 1 heterocycles. The monoisotopic (exact) mass is 396 g/mol. The van der Waals surface area contributed by atoms with Crippen LogP contribution in [-0.2, 0) is 20.6 Å². The number of ether oxygens (including phenoxy) is 1. The lowest BCUT2D eigenvalue weighted by Crippen LogP contribution is -2.30. The molecular weight excluding hydrogens is 376 g/mol. The predicted octanol–water partition coefficient (Wildman–Crippen LogP) is 3.29. The fourth-order valence-corrected chi connectivity index (χ4v) is 3.81. The van der Waals surface area contributed by atoms with Crippen LogP contribution in [0.1, 0.15) is 18.1 Å². The van der Waals surface area contributed by atoms with Crippen molar-refractivity contribution in [3.63, 3.8) is 0 Å². The number of hydrogen-bond donors (Lipinski definition) is 1. The van der Waals surface area contributed by atoms with Gasteiger partial charge < -0.3 is 4.74 Å². The number of sulfonamides is 1. The number of pyridine rings is 1. The average molecular weight is 396 g/mol. The standard InChI is InChI=1S/C21H20N2O4S/c1-2-27-19-11-8-16(9-12-19)10-13-20(24)23-28(25,26)15-18-6-3-5-17-7-4-14-22-21(17)18/h3-14H,2,15H2,1H3,(H,23,24). The summed E-state index contributed by atoms with van der Waals surface area (Å²) in [4.78, 5) is 16.3. The summed E-state index contributed by atoms with van der Waals surface area (Å²) in [5.74, 6) is -0.304. The average Bonchev–Trinajstić information content (AvgIpc) is 2.67. The first-order valence-corrected chi connectivity index (χ1v) is 10.4. The molecule has 3 rings (SSSR count). The van der Waals surface area contributed by atoms with Gasteiger partial charge in [0.1, 0.15) is 5.75 Å². The molecular formula is C21H20N2O4S. The molecule has 0 spiro atoms. The molecule has 0 saturated carbocycles. The van der Waals surface area contributed by atoms with Crippen LogP contribution in [0.5, 0.6) is 5.75 Å². The van der Waals surface area contributed by atoms with E-state index in [4.69, 9.17) is 4.74 Å². The summed E-state index contributed by atoms with van der Waals surface area (Å²) in [5, 5.41) is 0.844. The van der Waals surface area contributed by atoms with Gasteiger partial charge in [-0.1, -0.05) is 36.4 Å². The van der Waals surface area contributed by atoms with Crippen molar-refractivity contribution in [3.05, 3.63) is 78.0 Å². The third-order valence-electron chi connectivity index (χ3n) is 3.94. The maximum Gasteiger partial charge on any atom is 0.257 e. The van der Waals surface area contributed by atoms with Crippen LogP contribution in [0.4, 0.5) is 0 Å². The number of rotatable bonds is 7. The van der Waals surface area contributed by atoms with Crippen LogP contribution >= 0.6 is 0 Å². The minimum atomic E-state index is -3.85. The van der Waals surface area contributed by atoms with E-state index in [1.807, 2.05) is 19.1 Å². The summed E-state index contributed by atoms with van der Waals surface area (Å²) >= 11 is 0. The number of carbonyl (C=O) groups is 1. The first kappa shape index (κ1) is 19.6. The van der Waals surface area contributed by atoms with Crippen LogP contribution < -0.4 is 9.46 Å². The Balaban J connectivity index is 1.67. The van der Waals surface area contributed by atoms with E-state index in [1.54, 1.807) is 54.7 Å². The molecule has 0 atom stereocenters. The van der Waals surface area contributed by atoms with Crippen molar-refractivity contribution in [3.8, 4) is 5.75 Å². The number of benzene rings is 2. The van der Waals surface area contributed by atoms with Gasteiger partial charge >= 0.3 is 0 Å². The van der Waals surface area contributed by atoms with E-state index in [1.165, 1.54) is 6.08 Å². The topological polar surface area (TPSA) is 85.4 Å². The Morgan fingerprint density at radius 3 is 2.61 bits per heavy atom. The van der Waals surface area contributed by atoms with Crippen molar-refractivity contribution < 1.29 is 17.9 Å². The van der Waals surface area contributed by atoms with Gasteiger partial charge in [-0.3, -0.25) is 9.78 Å². The molecule has 28 heavy (non-hydrogen) atoms. The summed E-state index contributed by atoms with van der Waals surface area (Å²) in [6.45, 7) is 2.47. The van der Waals surface area contributed by atoms with Crippen LogP contribution in [0.15, 0.2) is 66.9 Å². The Kier molecular flexibility index (Phi) is 6.06. The fraction of sp³-hybridized carbons (Fsp3) is 0.143. The molecule has 1 aromatic heterocycles. The van der Waals surface area contributed by atoms with E-state index in [9.17, 15) is 13.2 Å². The molecule has 2 aromatic carbocycles. The molecule has 7 heteroatoms. The predicted molar refractivity (Wildman–Crippen MR) is 109 cm³/mol. The maximum absolute atomic E-state index is 12.4. The van der Waals surface area contributed by atoms with E-state index < -0.39 is 15.9 Å². The van der Waals surface area contributed by atoms with Gasteiger partial charge in [-0.25, -0.2) is 13.1 Å². The summed E-state index contributed by atoms with van der Waals surface area (Å²) in [6.07, 6.45) is 4.34. The molecule has 0 bridgehead atoms. The highest BCUT2D eigenvalue weighted by molar-refractivity contribution is 7.89. The third-order valence-corrected chi connectivity index (χ3v) is 5.14. The Bertz CT molecular complexity index is 1100. The van der Waals surface area contributed by atoms with Gasteiger partial charge in [0.05, 0.1) is 17.9 Å². The maximum atomic E-state index is 12.4. The molecule has 0 unspecified atom stereocenters. The number of hydrogen-bond acceptors (Lipinski definition) is 5. The van der Waals surface area contributed by atoms with Crippen LogP contribution in [0.3, 0.4) is 0 Å². The van der Waals surface area contributed by atoms with Crippen LogP contribution in [0, 0.1) is 0 Å². The van der Waals surface area contributed by atoms with Crippen LogP contribution in [0.25, 0.3) is 17.0 Å². The minimum Gasteiger partial charge on any atom is -0.494 e. The first-order valence-electron chi connectivity index (χ1n) is 8.75. The minimum absolute atomic E-state index is 0.329. The number of nitrogens with one attached hydrogen (secondary N) is 1. The molecule has 0 radical (unpaired) electrons. The lowest BCUT2D eigenvalue weighted by molar-refractivity contribution is -0.114. The number of amides is 1. The zero-order valence-corrected chi connectivity index (χ0v) is 16.1. The smallest absolute Gasteiger partial charge is 0.257 e. The summed E-state index contributed by atoms with van der Waals surface area (Å²) in [7, 11) is -3.85. The van der Waals surface area contributed by atoms with Crippen LogP contribution in [0.2, 0.25) is 0 Å². The second-order valence-corrected chi connectivity index (χ2v) is 7.78. The number of carbonyl (C=O) groups excluding carboxylic acids is 1. The van der Waals surface area contributed by atoms with Gasteiger partial charge in [-0.15, -0.1) is 0 Å². The molecule has 0 saturated heterocycles. The Morgan fingerprint density at radius 2 is 1.86 bits per heavy atom. The Labute approximate surface area is 163 Å². The fourth-order valence-electron chi connectivity index (χ4n) is 2.73. The molecule has 6 nitrogen and oxygen atoms in total. The zero-order valence-electron chi connectivity index (χ0n) is 15.3. The highest BCUT2D eigenvalue weighted by Crippen LogP contribution is 2.18. The zero-order chi connectivity index (χ0) is 20.0. The number of fused-ring (bicyclic) bond motifs is 1. The van der Waals surface area contributed by atoms with Crippen LogP contribution in [-0.4, -0.2) is 25.9 Å². The highest BCUT2D eigenvalue weighted by atomic mass is 32.2. The molecule has 0 aliphatic carbocycles. The molecule has 0 aliphatic heterocycles. The molecule has 3 aromatic rings. The van der Waals surface area contributed by atoms with E-state index in [0.717, 1.165) is 16.7 Å². The van der Waals surface area contributed by atoms with Gasteiger partial charge in [0.2, 0.25) is 10.0 Å². The normalized spacial score (nSPS) is 11.6. The summed E-state index contributed by atoms with van der Waals surface area (Å²) < 4.78 is 32.2. The third kappa shape index (κ3) is 5.17. The van der Waals surface area contributed by atoms with E-state index >= 15 is 0 Å². The van der Waals surface area contributed by atoms with Gasteiger partial charge in [0, 0.05) is 17.7 Å². The van der Waals surface area contributed by atoms with Gasteiger partial charge in [0.25, 0.3) is 5.91 Å². The molecule has 1 amide bonds. The molecule has 144 valence electrons. The number of nitrogens with zero attached hydrogens (tertiary/aromatic N) is 1. The summed E-state index contributed by atoms with van der Waals surface area (Å²) in [6, 6.07) is 16.1.